The lowest BCUT2D eigenvalue weighted by molar-refractivity contribution is 0.0761. The van der Waals surface area contributed by atoms with Crippen molar-refractivity contribution >= 4 is 11.6 Å². The van der Waals surface area contributed by atoms with Crippen LogP contribution in [0.25, 0.3) is 0 Å². The van der Waals surface area contributed by atoms with E-state index in [-0.39, 0.29) is 5.91 Å². The second kappa shape index (κ2) is 4.00. The molecule has 0 aromatic carbocycles. The smallest absolute Gasteiger partial charge is 0.274 e. The van der Waals surface area contributed by atoms with Crippen LogP contribution in [0.4, 0.5) is 5.69 Å². The monoisotopic (exact) mass is 220 g/mol. The molecule has 86 valence electrons. The molecule has 5 heteroatoms. The van der Waals surface area contributed by atoms with Gasteiger partial charge in [0.25, 0.3) is 5.91 Å². The molecule has 2 N–H and O–H groups in total. The van der Waals surface area contributed by atoms with Crippen LogP contribution < -0.4 is 5.73 Å². The van der Waals surface area contributed by atoms with Gasteiger partial charge in [0, 0.05) is 20.1 Å². The largest absolute Gasteiger partial charge is 0.395 e. The minimum atomic E-state index is -0.0371. The Kier molecular flexibility index (Phi) is 2.68. The predicted molar refractivity (Wildman–Crippen MR) is 62.0 cm³/mol. The standard InChI is InChI=1S/C11H16N4O/c1-8-9(12)10(14(2)13-8)11(16)15-6-4-3-5-7-15/h3-4H,5-7,12H2,1-2H3. The first-order valence-electron chi connectivity index (χ1n) is 5.34. The Balaban J connectivity index is 2.30. The highest BCUT2D eigenvalue weighted by Crippen LogP contribution is 2.18. The van der Waals surface area contributed by atoms with Crippen LogP contribution in [0.2, 0.25) is 0 Å². The normalized spacial score (nSPS) is 15.5. The molecule has 5 nitrogen and oxygen atoms in total. The molecule has 0 saturated heterocycles. The van der Waals surface area contributed by atoms with Crippen molar-refractivity contribution in [1.29, 1.82) is 0 Å². The number of hydrogen-bond donors (Lipinski definition) is 1. The minimum Gasteiger partial charge on any atom is -0.395 e. The Morgan fingerprint density at radius 1 is 1.50 bits per heavy atom. The van der Waals surface area contributed by atoms with Crippen molar-refractivity contribution in [3.8, 4) is 0 Å². The van der Waals surface area contributed by atoms with Gasteiger partial charge in [-0.1, -0.05) is 12.2 Å². The van der Waals surface area contributed by atoms with Gasteiger partial charge in [0.15, 0.2) is 0 Å². The molecule has 1 aliphatic heterocycles. The number of amides is 1. The highest BCUT2D eigenvalue weighted by molar-refractivity contribution is 5.98. The zero-order valence-corrected chi connectivity index (χ0v) is 9.60. The van der Waals surface area contributed by atoms with Crippen LogP contribution in [0, 0.1) is 6.92 Å². The van der Waals surface area contributed by atoms with Crippen LogP contribution >= 0.6 is 0 Å². The zero-order chi connectivity index (χ0) is 11.7. The molecule has 1 aliphatic rings. The number of aromatic nitrogens is 2. The summed E-state index contributed by atoms with van der Waals surface area (Å²) >= 11 is 0. The van der Waals surface area contributed by atoms with E-state index in [0.717, 1.165) is 13.0 Å². The fraction of sp³-hybridized carbons (Fsp3) is 0.455. The van der Waals surface area contributed by atoms with Gasteiger partial charge in [0.05, 0.1) is 11.4 Å². The molecule has 0 aliphatic carbocycles. The number of carbonyl (C=O) groups excluding carboxylic acids is 1. The summed E-state index contributed by atoms with van der Waals surface area (Å²) in [7, 11) is 1.75. The van der Waals surface area contributed by atoms with Gasteiger partial charge in [0.2, 0.25) is 0 Å². The van der Waals surface area contributed by atoms with E-state index in [9.17, 15) is 4.79 Å². The van der Waals surface area contributed by atoms with E-state index in [1.165, 1.54) is 0 Å². The minimum absolute atomic E-state index is 0.0371. The Morgan fingerprint density at radius 2 is 2.25 bits per heavy atom. The Labute approximate surface area is 94.5 Å². The SMILES string of the molecule is Cc1nn(C)c(C(=O)N2CC=CCC2)c1N. The van der Waals surface area contributed by atoms with E-state index in [2.05, 4.69) is 11.2 Å². The highest BCUT2D eigenvalue weighted by Gasteiger charge is 2.23. The van der Waals surface area contributed by atoms with E-state index in [1.807, 2.05) is 13.0 Å². The molecule has 16 heavy (non-hydrogen) atoms. The van der Waals surface area contributed by atoms with Crippen molar-refractivity contribution in [2.24, 2.45) is 7.05 Å². The summed E-state index contributed by atoms with van der Waals surface area (Å²) in [5.41, 5.74) is 7.55. The van der Waals surface area contributed by atoms with Gasteiger partial charge in [-0.15, -0.1) is 0 Å². The molecule has 0 atom stereocenters. The molecule has 0 unspecified atom stereocenters. The third kappa shape index (κ3) is 1.68. The second-order valence-corrected chi connectivity index (χ2v) is 3.98. The summed E-state index contributed by atoms with van der Waals surface area (Å²) in [6.07, 6.45) is 4.99. The first kappa shape index (κ1) is 10.7. The molecule has 1 aromatic rings. The van der Waals surface area contributed by atoms with Crippen LogP contribution in [0.1, 0.15) is 22.6 Å². The molecular weight excluding hydrogens is 204 g/mol. The third-order valence-electron chi connectivity index (χ3n) is 2.82. The number of nitrogens with two attached hydrogens (primary N) is 1. The van der Waals surface area contributed by atoms with E-state index in [0.29, 0.717) is 23.6 Å². The molecule has 0 saturated carbocycles. The quantitative estimate of drug-likeness (QED) is 0.709. The van der Waals surface area contributed by atoms with Gasteiger partial charge in [0.1, 0.15) is 5.69 Å². The average molecular weight is 220 g/mol. The molecular formula is C11H16N4O. The summed E-state index contributed by atoms with van der Waals surface area (Å²) in [6, 6.07) is 0. The number of aryl methyl sites for hydroxylation is 2. The van der Waals surface area contributed by atoms with Crippen LogP contribution in [0.3, 0.4) is 0 Å². The summed E-state index contributed by atoms with van der Waals surface area (Å²) in [5.74, 6) is -0.0371. The maximum atomic E-state index is 12.2. The van der Waals surface area contributed by atoms with E-state index in [1.54, 1.807) is 16.6 Å². The number of nitrogen functional groups attached to an aromatic ring is 1. The molecule has 0 fully saturated rings. The lowest BCUT2D eigenvalue weighted by Gasteiger charge is -2.23. The van der Waals surface area contributed by atoms with Crippen molar-refractivity contribution in [3.63, 3.8) is 0 Å². The van der Waals surface area contributed by atoms with E-state index < -0.39 is 0 Å². The van der Waals surface area contributed by atoms with Gasteiger partial charge < -0.3 is 10.6 Å². The molecule has 1 aromatic heterocycles. The summed E-state index contributed by atoms with van der Waals surface area (Å²) in [5, 5.41) is 4.15. The summed E-state index contributed by atoms with van der Waals surface area (Å²) < 4.78 is 1.56. The van der Waals surface area contributed by atoms with Gasteiger partial charge in [-0.05, 0) is 13.3 Å². The number of hydrogen-bond acceptors (Lipinski definition) is 3. The van der Waals surface area contributed by atoms with Crippen LogP contribution in [0.5, 0.6) is 0 Å². The number of anilines is 1. The lowest BCUT2D eigenvalue weighted by Crippen LogP contribution is -2.35. The maximum Gasteiger partial charge on any atom is 0.274 e. The second-order valence-electron chi connectivity index (χ2n) is 3.98. The lowest BCUT2D eigenvalue weighted by atomic mass is 10.2. The number of rotatable bonds is 1. The topological polar surface area (TPSA) is 64.2 Å². The molecule has 1 amide bonds. The molecule has 2 rings (SSSR count). The van der Waals surface area contributed by atoms with Crippen molar-refractivity contribution in [3.05, 3.63) is 23.5 Å². The van der Waals surface area contributed by atoms with Crippen LogP contribution in [-0.4, -0.2) is 33.7 Å². The van der Waals surface area contributed by atoms with Crippen LogP contribution in [-0.2, 0) is 7.05 Å². The zero-order valence-electron chi connectivity index (χ0n) is 9.60. The van der Waals surface area contributed by atoms with E-state index in [4.69, 9.17) is 5.73 Å². The van der Waals surface area contributed by atoms with Crippen LogP contribution in [0.15, 0.2) is 12.2 Å². The number of nitrogens with zero attached hydrogens (tertiary/aromatic N) is 3. The maximum absolute atomic E-state index is 12.2. The summed E-state index contributed by atoms with van der Waals surface area (Å²) in [6.45, 7) is 3.21. The Morgan fingerprint density at radius 3 is 2.75 bits per heavy atom. The van der Waals surface area contributed by atoms with Crippen molar-refractivity contribution in [2.45, 2.75) is 13.3 Å². The van der Waals surface area contributed by atoms with Gasteiger partial charge >= 0.3 is 0 Å². The molecule has 2 heterocycles. The first-order chi connectivity index (χ1) is 7.61. The Bertz CT molecular complexity index is 447. The molecule has 0 bridgehead atoms. The van der Waals surface area contributed by atoms with Crippen molar-refractivity contribution < 1.29 is 4.79 Å². The first-order valence-corrected chi connectivity index (χ1v) is 5.34. The van der Waals surface area contributed by atoms with Gasteiger partial charge in [-0.3, -0.25) is 9.48 Å². The fourth-order valence-corrected chi connectivity index (χ4v) is 1.90. The summed E-state index contributed by atoms with van der Waals surface area (Å²) in [4.78, 5) is 14.0. The van der Waals surface area contributed by atoms with Crippen molar-refractivity contribution in [1.82, 2.24) is 14.7 Å². The molecule has 0 spiro atoms. The highest BCUT2D eigenvalue weighted by atomic mass is 16.2. The Hall–Kier alpha value is -1.78. The fourth-order valence-electron chi connectivity index (χ4n) is 1.90. The predicted octanol–water partition coefficient (Wildman–Crippen LogP) is 0.713. The average Bonchev–Trinajstić information content (AvgIpc) is 2.54. The van der Waals surface area contributed by atoms with Crippen molar-refractivity contribution in [2.75, 3.05) is 18.8 Å². The van der Waals surface area contributed by atoms with E-state index >= 15 is 0 Å². The van der Waals surface area contributed by atoms with Gasteiger partial charge in [-0.25, -0.2) is 0 Å². The molecule has 0 radical (unpaired) electrons. The van der Waals surface area contributed by atoms with Gasteiger partial charge in [-0.2, -0.15) is 5.10 Å². The third-order valence-corrected chi connectivity index (χ3v) is 2.82. The number of carbonyl (C=O) groups is 1.